The number of hydrogen-bond donors (Lipinski definition) is 1. The summed E-state index contributed by atoms with van der Waals surface area (Å²) in [6.07, 6.45) is 0.333. The maximum atomic E-state index is 10.8. The lowest BCUT2D eigenvalue weighted by Gasteiger charge is -2.00. The highest BCUT2D eigenvalue weighted by Crippen LogP contribution is 1.99. The van der Waals surface area contributed by atoms with Crippen LogP contribution in [0.2, 0.25) is 0 Å². The largest absolute Gasteiger partial charge is 0.353 e. The molecule has 10 heavy (non-hydrogen) atoms. The molecule has 0 aromatic carbocycles. The Morgan fingerprint density at radius 1 is 1.40 bits per heavy atom. The average Bonchev–Trinajstić information content (AvgIpc) is 1.85. The van der Waals surface area contributed by atoms with Crippen molar-refractivity contribution in [1.29, 1.82) is 0 Å². The summed E-state index contributed by atoms with van der Waals surface area (Å²) in [5, 5.41) is 2.28. The van der Waals surface area contributed by atoms with Gasteiger partial charge in [0.05, 0.1) is 0 Å². The minimum Gasteiger partial charge on any atom is -0.353 e. The zero-order chi connectivity index (χ0) is 8.15. The monoisotopic (exact) mass is 143 g/mol. The Balaban J connectivity index is 3.74. The first-order chi connectivity index (χ1) is 4.57. The normalized spacial score (nSPS) is 9.60. The molecule has 0 saturated heterocycles. The molecule has 0 rings (SSSR count). The van der Waals surface area contributed by atoms with Crippen LogP contribution < -0.4 is 5.32 Å². The van der Waals surface area contributed by atoms with E-state index in [2.05, 4.69) is 5.32 Å². The lowest BCUT2D eigenvalue weighted by atomic mass is 10.1. The van der Waals surface area contributed by atoms with Crippen molar-refractivity contribution in [3.63, 3.8) is 0 Å². The fourth-order valence-corrected chi connectivity index (χ4v) is 0.603. The van der Waals surface area contributed by atoms with Crippen molar-refractivity contribution in [3.8, 4) is 0 Å². The first-order valence-electron chi connectivity index (χ1n) is 3.32. The fourth-order valence-electron chi connectivity index (χ4n) is 0.603. The molecule has 3 nitrogen and oxygen atoms in total. The summed E-state index contributed by atoms with van der Waals surface area (Å²) in [6.45, 7) is 3.81. The van der Waals surface area contributed by atoms with E-state index in [1.54, 1.807) is 0 Å². The summed E-state index contributed by atoms with van der Waals surface area (Å²) in [7, 11) is 1.46. The molecule has 0 fully saturated rings. The molecule has 0 aromatic heterocycles. The molecule has 0 atom stereocenters. The third-order valence-electron chi connectivity index (χ3n) is 1.07. The second kappa shape index (κ2) is 4.04. The van der Waals surface area contributed by atoms with Crippen molar-refractivity contribution >= 4 is 11.7 Å². The van der Waals surface area contributed by atoms with E-state index in [0.29, 0.717) is 6.42 Å². The first-order valence-corrected chi connectivity index (χ1v) is 3.32. The standard InChI is InChI=1S/C7H13NO2/c1-5(2)4-6(9)7(10)8-3/h5H,4H2,1-3H3,(H,8,10). The molecule has 0 aromatic rings. The number of hydrogen-bond acceptors (Lipinski definition) is 2. The van der Waals surface area contributed by atoms with Gasteiger partial charge in [0.1, 0.15) is 0 Å². The Hall–Kier alpha value is -0.860. The number of carbonyl (C=O) groups excluding carboxylic acids is 2. The van der Waals surface area contributed by atoms with E-state index in [1.165, 1.54) is 7.05 Å². The second-order valence-electron chi connectivity index (χ2n) is 2.60. The molecule has 0 bridgehead atoms. The number of ketones is 1. The quantitative estimate of drug-likeness (QED) is 0.579. The molecule has 1 N–H and O–H groups in total. The number of amides is 1. The molecule has 0 aliphatic rings. The van der Waals surface area contributed by atoms with Crippen molar-refractivity contribution in [2.75, 3.05) is 7.05 Å². The van der Waals surface area contributed by atoms with E-state index >= 15 is 0 Å². The number of rotatable bonds is 3. The van der Waals surface area contributed by atoms with Crippen molar-refractivity contribution < 1.29 is 9.59 Å². The van der Waals surface area contributed by atoms with Crippen LogP contribution in [0.15, 0.2) is 0 Å². The second-order valence-corrected chi connectivity index (χ2v) is 2.60. The van der Waals surface area contributed by atoms with Gasteiger partial charge in [0.2, 0.25) is 5.78 Å². The number of carbonyl (C=O) groups is 2. The SMILES string of the molecule is CNC(=O)C(=O)CC(C)C. The minimum atomic E-state index is -0.492. The molecule has 0 unspecified atom stereocenters. The number of likely N-dealkylation sites (N-methyl/N-ethyl adjacent to an activating group) is 1. The van der Waals surface area contributed by atoms with Gasteiger partial charge >= 0.3 is 0 Å². The minimum absolute atomic E-state index is 0.254. The van der Waals surface area contributed by atoms with E-state index in [1.807, 2.05) is 13.8 Å². The molecule has 0 aliphatic heterocycles. The number of Topliss-reactive ketones (excluding diaryl/α,β-unsaturated/α-hetero) is 1. The molecule has 58 valence electrons. The lowest BCUT2D eigenvalue weighted by Crippen LogP contribution is -2.28. The van der Waals surface area contributed by atoms with E-state index in [9.17, 15) is 9.59 Å². The van der Waals surface area contributed by atoms with Gasteiger partial charge in [0, 0.05) is 13.5 Å². The van der Waals surface area contributed by atoms with Crippen molar-refractivity contribution in [2.24, 2.45) is 5.92 Å². The van der Waals surface area contributed by atoms with Crippen molar-refractivity contribution in [3.05, 3.63) is 0 Å². The summed E-state index contributed by atoms with van der Waals surface area (Å²) >= 11 is 0. The van der Waals surface area contributed by atoms with Crippen LogP contribution in [-0.2, 0) is 9.59 Å². The summed E-state index contributed by atoms with van der Waals surface area (Å²) in [5.41, 5.74) is 0. The van der Waals surface area contributed by atoms with Crippen molar-refractivity contribution in [1.82, 2.24) is 5.32 Å². The van der Waals surface area contributed by atoms with Gasteiger partial charge in [-0.1, -0.05) is 13.8 Å². The smallest absolute Gasteiger partial charge is 0.287 e. The average molecular weight is 143 g/mol. The summed E-state index contributed by atoms with van der Waals surface area (Å²) < 4.78 is 0. The van der Waals surface area contributed by atoms with Crippen LogP contribution in [0.1, 0.15) is 20.3 Å². The Bertz CT molecular complexity index is 141. The van der Waals surface area contributed by atoms with Gasteiger partial charge in [-0.2, -0.15) is 0 Å². The van der Waals surface area contributed by atoms with Crippen molar-refractivity contribution in [2.45, 2.75) is 20.3 Å². The summed E-state index contributed by atoms with van der Waals surface area (Å²) in [4.78, 5) is 21.4. The highest BCUT2D eigenvalue weighted by molar-refractivity contribution is 6.36. The molecular formula is C7H13NO2. The summed E-state index contributed by atoms with van der Waals surface area (Å²) in [5.74, 6) is -0.573. The molecule has 3 heteroatoms. The third kappa shape index (κ3) is 3.22. The van der Waals surface area contributed by atoms with Gasteiger partial charge in [-0.3, -0.25) is 9.59 Å². The zero-order valence-electron chi connectivity index (χ0n) is 6.60. The van der Waals surface area contributed by atoms with Crippen LogP contribution >= 0.6 is 0 Å². The highest BCUT2D eigenvalue weighted by atomic mass is 16.2. The lowest BCUT2D eigenvalue weighted by molar-refractivity contribution is -0.138. The van der Waals surface area contributed by atoms with E-state index in [-0.39, 0.29) is 11.7 Å². The first kappa shape index (κ1) is 9.14. The van der Waals surface area contributed by atoms with E-state index in [4.69, 9.17) is 0 Å². The van der Waals surface area contributed by atoms with Crippen LogP contribution in [0.4, 0.5) is 0 Å². The molecule has 0 spiro atoms. The fraction of sp³-hybridized carbons (Fsp3) is 0.714. The van der Waals surface area contributed by atoms with E-state index in [0.717, 1.165) is 0 Å². The Morgan fingerprint density at radius 2 is 1.90 bits per heavy atom. The maximum Gasteiger partial charge on any atom is 0.287 e. The van der Waals surface area contributed by atoms with Crippen LogP contribution in [-0.4, -0.2) is 18.7 Å². The predicted octanol–water partition coefficient (Wildman–Crippen LogP) is 0.348. The molecule has 0 radical (unpaired) electrons. The molecule has 1 amide bonds. The van der Waals surface area contributed by atoms with Crippen LogP contribution in [0.5, 0.6) is 0 Å². The molecule has 0 aliphatic carbocycles. The predicted molar refractivity (Wildman–Crippen MR) is 38.5 cm³/mol. The number of nitrogens with one attached hydrogen (secondary N) is 1. The van der Waals surface area contributed by atoms with Crippen LogP contribution in [0, 0.1) is 5.92 Å². The van der Waals surface area contributed by atoms with Gasteiger partial charge in [-0.25, -0.2) is 0 Å². The Kier molecular flexibility index (Phi) is 3.69. The topological polar surface area (TPSA) is 46.2 Å². The van der Waals surface area contributed by atoms with Gasteiger partial charge in [-0.05, 0) is 5.92 Å². The molecule has 0 heterocycles. The summed E-state index contributed by atoms with van der Waals surface area (Å²) in [6, 6.07) is 0. The molecular weight excluding hydrogens is 130 g/mol. The van der Waals surface area contributed by atoms with Gasteiger partial charge in [-0.15, -0.1) is 0 Å². The molecule has 0 saturated carbocycles. The maximum absolute atomic E-state index is 10.8. The highest BCUT2D eigenvalue weighted by Gasteiger charge is 2.12. The van der Waals surface area contributed by atoms with Gasteiger partial charge in [0.25, 0.3) is 5.91 Å². The Morgan fingerprint density at radius 3 is 2.20 bits per heavy atom. The Labute approximate surface area is 60.8 Å². The van der Waals surface area contributed by atoms with Gasteiger partial charge in [0.15, 0.2) is 0 Å². The van der Waals surface area contributed by atoms with Gasteiger partial charge < -0.3 is 5.32 Å². The van der Waals surface area contributed by atoms with Crippen LogP contribution in [0.3, 0.4) is 0 Å². The van der Waals surface area contributed by atoms with Crippen LogP contribution in [0.25, 0.3) is 0 Å². The third-order valence-corrected chi connectivity index (χ3v) is 1.07. The zero-order valence-corrected chi connectivity index (χ0v) is 6.60. The van der Waals surface area contributed by atoms with E-state index < -0.39 is 5.91 Å².